The largest absolute Gasteiger partial charge is 0.389 e. The number of thiazole rings is 1. The molecular formula is C14H11ClN4S2. The van der Waals surface area contributed by atoms with Gasteiger partial charge >= 0.3 is 0 Å². The molecule has 3 N–H and O–H groups in total. The third-order valence-electron chi connectivity index (χ3n) is 2.82. The Bertz CT molecular complexity index is 844. The van der Waals surface area contributed by atoms with Crippen LogP contribution in [0.5, 0.6) is 0 Å². The van der Waals surface area contributed by atoms with Crippen LogP contribution in [0.2, 0.25) is 5.02 Å². The van der Waals surface area contributed by atoms with E-state index in [1.54, 1.807) is 0 Å². The Kier molecular flexibility index (Phi) is 3.75. The van der Waals surface area contributed by atoms with Crippen molar-refractivity contribution in [1.82, 2.24) is 9.97 Å². The number of thiocarbonyl (C=S) groups is 1. The number of rotatable bonds is 3. The molecule has 0 saturated carbocycles. The van der Waals surface area contributed by atoms with Crippen LogP contribution in [-0.2, 0) is 0 Å². The van der Waals surface area contributed by atoms with Crippen LogP contribution in [0.25, 0.3) is 10.2 Å². The number of fused-ring (bicyclic) bond motifs is 1. The van der Waals surface area contributed by atoms with Gasteiger partial charge in [0.2, 0.25) is 0 Å². The molecule has 0 aliphatic rings. The number of nitrogens with one attached hydrogen (secondary N) is 1. The Morgan fingerprint density at radius 1 is 1.29 bits per heavy atom. The number of nitrogens with two attached hydrogens (primary N) is 1. The Labute approximate surface area is 136 Å². The van der Waals surface area contributed by atoms with Gasteiger partial charge in [-0.25, -0.2) is 9.97 Å². The first kappa shape index (κ1) is 14.2. The van der Waals surface area contributed by atoms with Gasteiger partial charge in [-0.3, -0.25) is 0 Å². The monoisotopic (exact) mass is 334 g/mol. The van der Waals surface area contributed by atoms with Gasteiger partial charge in [0.05, 0.1) is 10.2 Å². The Morgan fingerprint density at radius 3 is 2.86 bits per heavy atom. The van der Waals surface area contributed by atoms with E-state index >= 15 is 0 Å². The third-order valence-corrected chi connectivity index (χ3v) is 4.23. The van der Waals surface area contributed by atoms with Crippen molar-refractivity contribution in [3.8, 4) is 0 Å². The SMILES string of the molecule is Cc1cc(C(N)=S)cc(Nc2nc3ccc(Cl)cc3s2)n1. The molecule has 1 aromatic carbocycles. The summed E-state index contributed by atoms with van der Waals surface area (Å²) in [7, 11) is 0. The smallest absolute Gasteiger partial charge is 0.189 e. The number of benzene rings is 1. The van der Waals surface area contributed by atoms with Crippen molar-refractivity contribution in [3.63, 3.8) is 0 Å². The molecule has 0 bridgehead atoms. The van der Waals surface area contributed by atoms with Crippen molar-refractivity contribution in [3.05, 3.63) is 46.6 Å². The zero-order chi connectivity index (χ0) is 15.0. The first-order valence-corrected chi connectivity index (χ1v) is 7.73. The fourth-order valence-electron chi connectivity index (χ4n) is 1.94. The molecule has 0 aliphatic heterocycles. The average molecular weight is 335 g/mol. The summed E-state index contributed by atoms with van der Waals surface area (Å²) in [6.07, 6.45) is 0. The molecular weight excluding hydrogens is 324 g/mol. The van der Waals surface area contributed by atoms with Crippen molar-refractivity contribution >= 4 is 61.3 Å². The van der Waals surface area contributed by atoms with Crippen LogP contribution in [0.3, 0.4) is 0 Å². The van der Waals surface area contributed by atoms with E-state index in [0.29, 0.717) is 15.8 Å². The highest BCUT2D eigenvalue weighted by molar-refractivity contribution is 7.80. The molecule has 0 spiro atoms. The molecule has 0 radical (unpaired) electrons. The van der Waals surface area contributed by atoms with Crippen LogP contribution >= 0.6 is 35.2 Å². The lowest BCUT2D eigenvalue weighted by molar-refractivity contribution is 1.19. The van der Waals surface area contributed by atoms with E-state index in [0.717, 1.165) is 26.6 Å². The summed E-state index contributed by atoms with van der Waals surface area (Å²) in [5, 5.41) is 4.63. The zero-order valence-corrected chi connectivity index (χ0v) is 13.4. The molecule has 0 amide bonds. The van der Waals surface area contributed by atoms with Gasteiger partial charge in [0.15, 0.2) is 5.13 Å². The maximum atomic E-state index is 5.98. The lowest BCUT2D eigenvalue weighted by Crippen LogP contribution is -2.10. The van der Waals surface area contributed by atoms with Crippen LogP contribution < -0.4 is 11.1 Å². The van der Waals surface area contributed by atoms with Crippen LogP contribution in [0, 0.1) is 6.92 Å². The molecule has 7 heteroatoms. The highest BCUT2D eigenvalue weighted by atomic mass is 35.5. The number of nitrogens with zero attached hydrogens (tertiary/aromatic N) is 2. The summed E-state index contributed by atoms with van der Waals surface area (Å²) in [6.45, 7) is 1.89. The van der Waals surface area contributed by atoms with E-state index in [1.807, 2.05) is 37.3 Å². The summed E-state index contributed by atoms with van der Waals surface area (Å²) in [4.78, 5) is 9.26. The number of hydrogen-bond acceptors (Lipinski definition) is 5. The summed E-state index contributed by atoms with van der Waals surface area (Å²) < 4.78 is 1.02. The van der Waals surface area contributed by atoms with E-state index in [-0.39, 0.29) is 0 Å². The van der Waals surface area contributed by atoms with Crippen molar-refractivity contribution in [2.45, 2.75) is 6.92 Å². The lowest BCUT2D eigenvalue weighted by Gasteiger charge is -2.06. The van der Waals surface area contributed by atoms with Crippen molar-refractivity contribution < 1.29 is 0 Å². The summed E-state index contributed by atoms with van der Waals surface area (Å²) in [6, 6.07) is 9.27. The molecule has 0 atom stereocenters. The van der Waals surface area contributed by atoms with Crippen LogP contribution in [0.4, 0.5) is 10.9 Å². The minimum Gasteiger partial charge on any atom is -0.389 e. The minimum absolute atomic E-state index is 0.347. The molecule has 106 valence electrons. The van der Waals surface area contributed by atoms with Gasteiger partial charge in [-0.05, 0) is 37.3 Å². The summed E-state index contributed by atoms with van der Waals surface area (Å²) >= 11 is 12.5. The molecule has 3 aromatic rings. The summed E-state index contributed by atoms with van der Waals surface area (Å²) in [5.74, 6) is 0.669. The molecule has 0 saturated heterocycles. The van der Waals surface area contributed by atoms with Gasteiger partial charge in [0, 0.05) is 16.3 Å². The van der Waals surface area contributed by atoms with Gasteiger partial charge in [0.25, 0.3) is 0 Å². The van der Waals surface area contributed by atoms with Crippen LogP contribution in [0.1, 0.15) is 11.3 Å². The van der Waals surface area contributed by atoms with E-state index in [2.05, 4.69) is 15.3 Å². The molecule has 2 heterocycles. The molecule has 4 nitrogen and oxygen atoms in total. The fourth-order valence-corrected chi connectivity index (χ4v) is 3.20. The van der Waals surface area contributed by atoms with Gasteiger partial charge < -0.3 is 11.1 Å². The van der Waals surface area contributed by atoms with Gasteiger partial charge in [-0.15, -0.1) is 0 Å². The van der Waals surface area contributed by atoms with Gasteiger partial charge in [-0.2, -0.15) is 0 Å². The summed E-state index contributed by atoms with van der Waals surface area (Å²) in [5.41, 5.74) is 8.19. The quantitative estimate of drug-likeness (QED) is 0.708. The highest BCUT2D eigenvalue weighted by Crippen LogP contribution is 2.30. The van der Waals surface area contributed by atoms with E-state index < -0.39 is 0 Å². The maximum Gasteiger partial charge on any atom is 0.189 e. The second-order valence-electron chi connectivity index (χ2n) is 4.50. The van der Waals surface area contributed by atoms with Gasteiger partial charge in [-0.1, -0.05) is 35.2 Å². The normalized spacial score (nSPS) is 10.8. The minimum atomic E-state index is 0.347. The zero-order valence-electron chi connectivity index (χ0n) is 11.1. The fraction of sp³-hybridized carbons (Fsp3) is 0.0714. The number of halogens is 1. The first-order valence-electron chi connectivity index (χ1n) is 6.13. The number of hydrogen-bond donors (Lipinski definition) is 2. The van der Waals surface area contributed by atoms with Crippen LogP contribution in [0.15, 0.2) is 30.3 Å². The van der Waals surface area contributed by atoms with E-state index in [4.69, 9.17) is 29.6 Å². The van der Waals surface area contributed by atoms with E-state index in [9.17, 15) is 0 Å². The van der Waals surface area contributed by atoms with Crippen molar-refractivity contribution in [2.75, 3.05) is 5.32 Å². The van der Waals surface area contributed by atoms with Crippen molar-refractivity contribution in [2.24, 2.45) is 5.73 Å². The number of pyridine rings is 1. The molecule has 0 fully saturated rings. The highest BCUT2D eigenvalue weighted by Gasteiger charge is 2.07. The standard InChI is InChI=1S/C14H11ClN4S2/c1-7-4-8(13(16)20)5-12(17-7)19-14-18-10-3-2-9(15)6-11(10)21-14/h2-6H,1H3,(H2,16,20)(H,17,18,19). The number of anilines is 2. The Hall–Kier alpha value is -1.76. The second-order valence-corrected chi connectivity index (χ2v) is 6.41. The molecule has 0 aliphatic carbocycles. The topological polar surface area (TPSA) is 63.8 Å². The lowest BCUT2D eigenvalue weighted by atomic mass is 10.2. The molecule has 3 rings (SSSR count). The Morgan fingerprint density at radius 2 is 2.10 bits per heavy atom. The Balaban J connectivity index is 1.96. The first-order chi connectivity index (χ1) is 10.0. The predicted octanol–water partition coefficient (Wildman–Crippen LogP) is 4.03. The molecule has 2 aromatic heterocycles. The average Bonchev–Trinajstić information content (AvgIpc) is 2.79. The number of aromatic nitrogens is 2. The van der Waals surface area contributed by atoms with Crippen molar-refractivity contribution in [1.29, 1.82) is 0 Å². The second kappa shape index (κ2) is 5.55. The number of aryl methyl sites for hydroxylation is 1. The maximum absolute atomic E-state index is 5.98. The molecule has 21 heavy (non-hydrogen) atoms. The molecule has 0 unspecified atom stereocenters. The van der Waals surface area contributed by atoms with E-state index in [1.165, 1.54) is 11.3 Å². The van der Waals surface area contributed by atoms with Crippen LogP contribution in [-0.4, -0.2) is 15.0 Å². The predicted molar refractivity (Wildman–Crippen MR) is 92.8 cm³/mol. The van der Waals surface area contributed by atoms with Gasteiger partial charge in [0.1, 0.15) is 10.8 Å². The third kappa shape index (κ3) is 3.12.